The quantitative estimate of drug-likeness (QED) is 0.809. The summed E-state index contributed by atoms with van der Waals surface area (Å²) in [6.45, 7) is 2.59. The van der Waals surface area contributed by atoms with Crippen LogP contribution in [-0.4, -0.2) is 40.4 Å². The number of rotatable bonds is 5. The number of carbonyl (C=O) groups excluding carboxylic acids is 1. The minimum absolute atomic E-state index is 0.197. The average Bonchev–Trinajstić information content (AvgIpc) is 3.49. The molecule has 6 heteroatoms. The van der Waals surface area contributed by atoms with Crippen molar-refractivity contribution in [1.29, 1.82) is 0 Å². The van der Waals surface area contributed by atoms with Crippen LogP contribution in [0.15, 0.2) is 47.2 Å². The summed E-state index contributed by atoms with van der Waals surface area (Å²) in [6.07, 6.45) is 6.58. The van der Waals surface area contributed by atoms with E-state index in [4.69, 9.17) is 0 Å². The SMILES string of the molecule is O=C([C@@H]1C[C@H]1c1ccccc1)N1CCC(CNc2ncc(Br)cn2)CC1. The number of hydrogen-bond donors (Lipinski definition) is 1. The molecule has 5 nitrogen and oxygen atoms in total. The molecular weight excluding hydrogens is 392 g/mol. The van der Waals surface area contributed by atoms with Crippen molar-refractivity contribution in [1.82, 2.24) is 14.9 Å². The molecule has 1 aliphatic carbocycles. The van der Waals surface area contributed by atoms with E-state index in [1.165, 1.54) is 5.56 Å². The van der Waals surface area contributed by atoms with E-state index in [1.807, 2.05) is 6.07 Å². The lowest BCUT2D eigenvalue weighted by Gasteiger charge is -2.32. The van der Waals surface area contributed by atoms with Gasteiger partial charge in [0.1, 0.15) is 0 Å². The Morgan fingerprint density at radius 2 is 1.85 bits per heavy atom. The minimum atomic E-state index is 0.197. The first-order valence-corrected chi connectivity index (χ1v) is 10.0. The second-order valence-corrected chi connectivity index (χ2v) is 8.15. The number of piperidine rings is 1. The van der Waals surface area contributed by atoms with Gasteiger partial charge in [-0.25, -0.2) is 9.97 Å². The summed E-state index contributed by atoms with van der Waals surface area (Å²) < 4.78 is 0.878. The largest absolute Gasteiger partial charge is 0.354 e. The zero-order valence-corrected chi connectivity index (χ0v) is 16.2. The van der Waals surface area contributed by atoms with Gasteiger partial charge in [-0.15, -0.1) is 0 Å². The molecule has 1 saturated carbocycles. The van der Waals surface area contributed by atoms with Gasteiger partial charge in [0.25, 0.3) is 0 Å². The lowest BCUT2D eigenvalue weighted by atomic mass is 9.96. The highest BCUT2D eigenvalue weighted by Crippen LogP contribution is 2.48. The molecule has 0 unspecified atom stereocenters. The molecule has 1 aromatic heterocycles. The number of carbonyl (C=O) groups is 1. The maximum Gasteiger partial charge on any atom is 0.226 e. The Morgan fingerprint density at radius 3 is 2.54 bits per heavy atom. The average molecular weight is 415 g/mol. The summed E-state index contributed by atoms with van der Waals surface area (Å²) in [5, 5.41) is 3.30. The predicted octanol–water partition coefficient (Wildman–Crippen LogP) is 3.69. The third-order valence-corrected chi connectivity index (χ3v) is 5.84. The Hall–Kier alpha value is -1.95. The molecule has 4 rings (SSSR count). The number of nitrogens with one attached hydrogen (secondary N) is 1. The Morgan fingerprint density at radius 1 is 1.15 bits per heavy atom. The molecule has 0 radical (unpaired) electrons. The Bertz CT molecular complexity index is 744. The van der Waals surface area contributed by atoms with E-state index in [-0.39, 0.29) is 5.92 Å². The maximum atomic E-state index is 12.7. The molecule has 2 aromatic rings. The zero-order chi connectivity index (χ0) is 17.9. The van der Waals surface area contributed by atoms with Crippen molar-refractivity contribution in [2.75, 3.05) is 25.0 Å². The van der Waals surface area contributed by atoms with Crippen LogP contribution in [0.5, 0.6) is 0 Å². The molecule has 1 N–H and O–H groups in total. The number of amides is 1. The van der Waals surface area contributed by atoms with Crippen LogP contribution < -0.4 is 5.32 Å². The molecular formula is C20H23BrN4O. The number of nitrogens with zero attached hydrogens (tertiary/aromatic N) is 3. The van der Waals surface area contributed by atoms with Crippen molar-refractivity contribution in [3.05, 3.63) is 52.8 Å². The highest BCUT2D eigenvalue weighted by Gasteiger charge is 2.45. The van der Waals surface area contributed by atoms with E-state index < -0.39 is 0 Å². The number of hydrogen-bond acceptors (Lipinski definition) is 4. The standard InChI is InChI=1S/C20H23BrN4O/c21-16-12-23-20(24-13-16)22-11-14-6-8-25(9-7-14)19(26)18-10-17(18)15-4-2-1-3-5-15/h1-5,12-14,17-18H,6-11H2,(H,22,23,24)/t17-,18+/m0/s1. The molecule has 0 spiro atoms. The van der Waals surface area contributed by atoms with Crippen LogP contribution in [-0.2, 0) is 4.79 Å². The monoisotopic (exact) mass is 414 g/mol. The van der Waals surface area contributed by atoms with Gasteiger partial charge in [0, 0.05) is 37.9 Å². The Kier molecular flexibility index (Phi) is 5.20. The highest BCUT2D eigenvalue weighted by atomic mass is 79.9. The minimum Gasteiger partial charge on any atom is -0.354 e. The van der Waals surface area contributed by atoms with Gasteiger partial charge in [-0.05, 0) is 52.6 Å². The Labute approximate surface area is 162 Å². The number of benzene rings is 1. The maximum absolute atomic E-state index is 12.7. The molecule has 2 atom stereocenters. The van der Waals surface area contributed by atoms with E-state index in [1.54, 1.807) is 12.4 Å². The van der Waals surface area contributed by atoms with Gasteiger partial charge in [0.05, 0.1) is 4.47 Å². The fourth-order valence-corrected chi connectivity index (χ4v) is 3.97. The lowest BCUT2D eigenvalue weighted by molar-refractivity contribution is -0.134. The molecule has 1 saturated heterocycles. The molecule has 136 valence electrons. The van der Waals surface area contributed by atoms with Crippen LogP contribution in [0.2, 0.25) is 0 Å². The van der Waals surface area contributed by atoms with Crippen molar-refractivity contribution in [3.8, 4) is 0 Å². The van der Waals surface area contributed by atoms with Gasteiger partial charge in [-0.3, -0.25) is 4.79 Å². The highest BCUT2D eigenvalue weighted by molar-refractivity contribution is 9.10. The second kappa shape index (κ2) is 7.74. The predicted molar refractivity (Wildman–Crippen MR) is 105 cm³/mol. The van der Waals surface area contributed by atoms with Gasteiger partial charge in [0.15, 0.2) is 0 Å². The summed E-state index contributed by atoms with van der Waals surface area (Å²) in [7, 11) is 0. The fraction of sp³-hybridized carbons (Fsp3) is 0.450. The smallest absolute Gasteiger partial charge is 0.226 e. The third-order valence-electron chi connectivity index (χ3n) is 5.43. The molecule has 2 aliphatic rings. The molecule has 2 fully saturated rings. The topological polar surface area (TPSA) is 58.1 Å². The summed E-state index contributed by atoms with van der Waals surface area (Å²) in [4.78, 5) is 23.3. The van der Waals surface area contributed by atoms with Crippen LogP contribution in [0.25, 0.3) is 0 Å². The number of anilines is 1. The molecule has 1 aliphatic heterocycles. The van der Waals surface area contributed by atoms with Crippen LogP contribution in [0.4, 0.5) is 5.95 Å². The zero-order valence-electron chi connectivity index (χ0n) is 14.6. The first-order valence-electron chi connectivity index (χ1n) is 9.26. The molecule has 26 heavy (non-hydrogen) atoms. The van der Waals surface area contributed by atoms with Gasteiger partial charge in [0.2, 0.25) is 11.9 Å². The second-order valence-electron chi connectivity index (χ2n) is 7.23. The van der Waals surface area contributed by atoms with Crippen LogP contribution in [0.1, 0.15) is 30.7 Å². The Balaban J connectivity index is 1.22. The van der Waals surface area contributed by atoms with Crippen molar-refractivity contribution < 1.29 is 4.79 Å². The van der Waals surface area contributed by atoms with Crippen molar-refractivity contribution in [3.63, 3.8) is 0 Å². The molecule has 1 aromatic carbocycles. The van der Waals surface area contributed by atoms with E-state index in [2.05, 4.69) is 60.4 Å². The summed E-state index contributed by atoms with van der Waals surface area (Å²) in [5.74, 6) is 2.20. The van der Waals surface area contributed by atoms with E-state index in [0.717, 1.165) is 43.4 Å². The van der Waals surface area contributed by atoms with Gasteiger partial charge < -0.3 is 10.2 Å². The summed E-state index contributed by atoms with van der Waals surface area (Å²) in [6, 6.07) is 10.4. The van der Waals surface area contributed by atoms with Crippen molar-refractivity contribution in [2.45, 2.75) is 25.2 Å². The van der Waals surface area contributed by atoms with E-state index in [0.29, 0.717) is 23.7 Å². The first kappa shape index (κ1) is 17.5. The van der Waals surface area contributed by atoms with Crippen molar-refractivity contribution >= 4 is 27.8 Å². The first-order chi connectivity index (χ1) is 12.7. The number of aromatic nitrogens is 2. The molecule has 1 amide bonds. The lowest BCUT2D eigenvalue weighted by Crippen LogP contribution is -2.40. The van der Waals surface area contributed by atoms with Crippen LogP contribution >= 0.6 is 15.9 Å². The van der Waals surface area contributed by atoms with Crippen LogP contribution in [0, 0.1) is 11.8 Å². The number of likely N-dealkylation sites (tertiary alicyclic amines) is 1. The summed E-state index contributed by atoms with van der Waals surface area (Å²) >= 11 is 3.34. The molecule has 0 bridgehead atoms. The van der Waals surface area contributed by atoms with Gasteiger partial charge in [-0.1, -0.05) is 30.3 Å². The number of halogens is 1. The molecule has 2 heterocycles. The van der Waals surface area contributed by atoms with E-state index >= 15 is 0 Å². The third kappa shape index (κ3) is 4.06. The van der Waals surface area contributed by atoms with Gasteiger partial charge >= 0.3 is 0 Å². The van der Waals surface area contributed by atoms with Gasteiger partial charge in [-0.2, -0.15) is 0 Å². The fourth-order valence-electron chi connectivity index (χ4n) is 3.77. The van der Waals surface area contributed by atoms with Crippen LogP contribution in [0.3, 0.4) is 0 Å². The van der Waals surface area contributed by atoms with Crippen molar-refractivity contribution in [2.24, 2.45) is 11.8 Å². The summed E-state index contributed by atoms with van der Waals surface area (Å²) in [5.41, 5.74) is 1.31. The normalized spacial score (nSPS) is 22.9. The van der Waals surface area contributed by atoms with E-state index in [9.17, 15) is 4.79 Å².